The smallest absolute Gasteiger partial charge is 0.175 e. The Hall–Kier alpha value is -14.8. The highest BCUT2D eigenvalue weighted by Gasteiger charge is 2.48. The molecule has 0 spiro atoms. The Balaban J connectivity index is 0.0000000890. The number of rotatable bonds is 5. The third-order valence-electron chi connectivity index (χ3n) is 31.6. The number of aryl methyl sites for hydroxylation is 9. The van der Waals surface area contributed by atoms with Crippen LogP contribution in [0.2, 0.25) is 26.2 Å². The van der Waals surface area contributed by atoms with Crippen LogP contribution in [0.25, 0.3) is 148 Å². The van der Waals surface area contributed by atoms with Gasteiger partial charge in [0, 0.05) is 113 Å². The third-order valence-corrected chi connectivity index (χ3v) is 47.4. The molecule has 15 aromatic carbocycles. The molecule has 0 bridgehead atoms. The summed E-state index contributed by atoms with van der Waals surface area (Å²) in [5.41, 5.74) is 33.0. The molecule has 10 aromatic heterocycles. The summed E-state index contributed by atoms with van der Waals surface area (Å²) in [6.45, 7) is 25.6. The highest BCUT2D eigenvalue weighted by atomic mass is 28.3. The summed E-state index contributed by atoms with van der Waals surface area (Å²) in [5, 5.41) is 31.6. The van der Waals surface area contributed by atoms with Crippen LogP contribution in [-0.2, 0) is 37.0 Å². The van der Waals surface area contributed by atoms with E-state index in [4.69, 9.17) is 24.9 Å². The molecule has 656 valence electrons. The van der Waals surface area contributed by atoms with Gasteiger partial charge in [-0.25, -0.2) is 24.9 Å². The molecule has 136 heavy (non-hydrogen) atoms. The molecule has 0 aliphatic carbocycles. The zero-order valence-electron chi connectivity index (χ0n) is 78.6. The lowest BCUT2D eigenvalue weighted by molar-refractivity contribution is 0.876. The Bertz CT molecular complexity index is 9310. The number of hydrogen-bond donors (Lipinski definition) is 0. The van der Waals surface area contributed by atoms with Gasteiger partial charge in [-0.05, 0) is 216 Å². The van der Waals surface area contributed by atoms with Crippen molar-refractivity contribution in [1.29, 1.82) is 0 Å². The van der Waals surface area contributed by atoms with E-state index >= 15 is 0 Å². The Morgan fingerprint density at radius 3 is 1.04 bits per heavy atom. The van der Waals surface area contributed by atoms with Crippen LogP contribution in [0, 0.1) is 48.5 Å². The summed E-state index contributed by atoms with van der Waals surface area (Å²) >= 11 is 0. The SMILES string of the molecule is Cc1ccc2c3c1c1ccccc1c1ncc(n13)C[Si]2(C)C.Cc1ccc2c3c1c1ccccc1c1ncc(n13)C[Si]2(c1ccccc1)c1ccccc1.Cc1ccc2c3c1c1ccccc1c1ncc(n13)[Si](C)(C)C2.Cc1ccc2c3c1c1ccccc1c1ncc(n13)[Si](c1ccccc1)(c1ccccc1)C2.Cc1cccc(C)c1-c1cc2c3c(c1C)c1ccccc1c1ncc(n13)CC2. The van der Waals surface area contributed by atoms with Gasteiger partial charge in [0.2, 0.25) is 0 Å². The van der Waals surface area contributed by atoms with Gasteiger partial charge in [0.25, 0.3) is 0 Å². The number of nitrogens with zero attached hydrogens (tertiary/aromatic N) is 10. The molecule has 0 unspecified atom stereocenters. The van der Waals surface area contributed by atoms with Gasteiger partial charge in [0.15, 0.2) is 16.1 Å². The molecule has 5 aliphatic rings. The van der Waals surface area contributed by atoms with E-state index in [1.807, 2.05) is 0 Å². The second-order valence-electron chi connectivity index (χ2n) is 40.3. The van der Waals surface area contributed by atoms with Crippen molar-refractivity contribution in [3.63, 3.8) is 0 Å². The zero-order valence-corrected chi connectivity index (χ0v) is 82.6. The molecule has 14 heteroatoms. The van der Waals surface area contributed by atoms with Crippen molar-refractivity contribution >= 4 is 211 Å². The number of pyridine rings is 5. The van der Waals surface area contributed by atoms with Crippen LogP contribution >= 0.6 is 0 Å². The van der Waals surface area contributed by atoms with Gasteiger partial charge < -0.3 is 4.40 Å². The first-order valence-corrected chi connectivity index (χ1v) is 59.1. The first kappa shape index (κ1) is 81.9. The molecule has 0 amide bonds. The highest BCUT2D eigenvalue weighted by Crippen LogP contribution is 2.46. The average molecular weight is 1820 g/mol. The van der Waals surface area contributed by atoms with E-state index in [0.717, 1.165) is 53.2 Å². The van der Waals surface area contributed by atoms with Crippen LogP contribution in [0.3, 0.4) is 0 Å². The second kappa shape index (κ2) is 30.6. The average Bonchev–Trinajstić information content (AvgIpc) is 1.47. The maximum atomic E-state index is 5.07. The molecule has 0 saturated carbocycles. The predicted molar refractivity (Wildman–Crippen MR) is 581 cm³/mol. The zero-order chi connectivity index (χ0) is 91.7. The first-order valence-electron chi connectivity index (χ1n) is 48.2. The predicted octanol–water partition coefficient (Wildman–Crippen LogP) is 23.3. The van der Waals surface area contributed by atoms with E-state index < -0.39 is 32.3 Å². The fourth-order valence-electron chi connectivity index (χ4n) is 25.5. The molecule has 0 radical (unpaired) electrons. The van der Waals surface area contributed by atoms with Gasteiger partial charge >= 0.3 is 0 Å². The molecule has 0 N–H and O–H groups in total. The minimum atomic E-state index is -2.31. The number of aromatic nitrogens is 10. The molecular weight excluding hydrogens is 1720 g/mol. The van der Waals surface area contributed by atoms with E-state index in [2.05, 4.69) is 443 Å². The fourth-order valence-corrected chi connectivity index (χ4v) is 40.6. The van der Waals surface area contributed by atoms with Crippen molar-refractivity contribution in [1.82, 2.24) is 46.9 Å². The summed E-state index contributed by atoms with van der Waals surface area (Å²) in [6.07, 6.45) is 12.7. The largest absolute Gasteiger partial charge is 0.300 e. The van der Waals surface area contributed by atoms with E-state index in [0.29, 0.717) is 0 Å². The summed E-state index contributed by atoms with van der Waals surface area (Å²) in [5.74, 6) is 0. The Kier molecular flexibility index (Phi) is 18.4. The van der Waals surface area contributed by atoms with E-state index in [9.17, 15) is 0 Å². The number of imidazole rings is 5. The van der Waals surface area contributed by atoms with Crippen molar-refractivity contribution in [2.75, 3.05) is 0 Å². The van der Waals surface area contributed by atoms with Crippen LogP contribution in [0.4, 0.5) is 0 Å². The lowest BCUT2D eigenvalue weighted by Crippen LogP contribution is -2.71. The summed E-state index contributed by atoms with van der Waals surface area (Å²) in [4.78, 5) is 24.5. The van der Waals surface area contributed by atoms with Crippen LogP contribution in [0.1, 0.15) is 72.7 Å². The minimum absolute atomic E-state index is 1.02. The number of benzene rings is 15. The Morgan fingerprint density at radius 2 is 0.574 bits per heavy atom. The summed E-state index contributed by atoms with van der Waals surface area (Å²) < 4.78 is 12.3. The highest BCUT2D eigenvalue weighted by molar-refractivity contribution is 7.12. The molecule has 10 nitrogen and oxygen atoms in total. The number of fused-ring (bicyclic) bond motifs is 15. The standard InChI is InChI=1S/2C29H22N2Si.C26H22N2.2C19H18N2Si/c1-20-16-17-26-28-27(20)24-14-8-9-15-25(24)29-30-18-21(31(28)29)19-32(26,22-10-4-2-5-11-22)23-12-6-3-7-13-23;1-20-16-17-21-19-32(22-10-4-2-5-11-22,23-12-6-3-7-13-23)26-18-30-29-25-15-9-8-14-24(25)27(20)28(21)31(26)29;1-15-7-6-8-16(2)23(15)22-13-18-11-12-19-14-27-26-21-10-5-4-9-20(21)24(17(22)3)25(18)28(19)26;1-12-8-9-16-18-17(12)14-6-4-5-7-15(14)19-20-10-13(21(18)19)11-22(16,2)3;1-12-8-9-13-11-22(2,3)16-10-20-19-15-7-5-4-6-14(15)17(12)18(13)21(16)19/h2*2-18H,19H2,1H3;4-10,13-14H,11-12H2,1-3H3;2*4-10H,11H2,1-3H3. The monoisotopic (exact) mass is 1820 g/mol. The van der Waals surface area contributed by atoms with Gasteiger partial charge in [0.05, 0.1) is 35.7 Å². The molecule has 5 aliphatic heterocycles. The normalized spacial score (nSPS) is 14.8. The Labute approximate surface area is 793 Å². The van der Waals surface area contributed by atoms with Crippen molar-refractivity contribution in [3.8, 4) is 11.1 Å². The molecular formula is C122H102N10Si4. The summed E-state index contributed by atoms with van der Waals surface area (Å²) in [7, 11) is -7.53. The molecule has 30 rings (SSSR count). The lowest BCUT2D eigenvalue weighted by atomic mass is 9.86. The van der Waals surface area contributed by atoms with Crippen molar-refractivity contribution in [2.24, 2.45) is 0 Å². The maximum Gasteiger partial charge on any atom is 0.175 e. The molecule has 0 fully saturated rings. The lowest BCUT2D eigenvalue weighted by Gasteiger charge is -2.38. The van der Waals surface area contributed by atoms with E-state index in [1.165, 1.54) is 241 Å². The van der Waals surface area contributed by atoms with Gasteiger partial charge in [-0.2, -0.15) is 0 Å². The Morgan fingerprint density at radius 1 is 0.235 bits per heavy atom. The topological polar surface area (TPSA) is 86.5 Å². The van der Waals surface area contributed by atoms with E-state index in [1.54, 1.807) is 5.19 Å². The molecule has 0 saturated heterocycles. The van der Waals surface area contributed by atoms with Crippen LogP contribution in [0.15, 0.2) is 346 Å². The summed E-state index contributed by atoms with van der Waals surface area (Å²) in [6, 6.07) is 121. The second-order valence-corrected chi connectivity index (χ2v) is 57.3. The van der Waals surface area contributed by atoms with Crippen LogP contribution in [0.5, 0.6) is 0 Å². The molecule has 0 atom stereocenters. The van der Waals surface area contributed by atoms with Crippen LogP contribution in [-0.4, -0.2) is 79.2 Å². The van der Waals surface area contributed by atoms with E-state index in [-0.39, 0.29) is 0 Å². The van der Waals surface area contributed by atoms with Gasteiger partial charge in [0.1, 0.15) is 36.3 Å². The maximum absolute atomic E-state index is 5.07. The molecule has 25 aromatic rings. The van der Waals surface area contributed by atoms with Crippen LogP contribution < -0.4 is 41.8 Å². The van der Waals surface area contributed by atoms with Gasteiger partial charge in [-0.15, -0.1) is 0 Å². The van der Waals surface area contributed by atoms with Crippen molar-refractivity contribution in [2.45, 2.75) is 112 Å². The van der Waals surface area contributed by atoms with Gasteiger partial charge in [-0.1, -0.05) is 336 Å². The van der Waals surface area contributed by atoms with Crippen molar-refractivity contribution < 1.29 is 0 Å². The van der Waals surface area contributed by atoms with Crippen molar-refractivity contribution in [3.05, 3.63) is 419 Å². The number of hydrogen-bond acceptors (Lipinski definition) is 5. The minimum Gasteiger partial charge on any atom is -0.300 e. The fraction of sp³-hybridized carbons (Fsp3) is 0.139. The third kappa shape index (κ3) is 11.8. The quantitative estimate of drug-likeness (QED) is 0.127. The first-order chi connectivity index (χ1) is 66.4. The molecule has 15 heterocycles. The van der Waals surface area contributed by atoms with Gasteiger partial charge in [-0.3, -0.25) is 17.6 Å².